The Bertz CT molecular complexity index is 112. The van der Waals surface area contributed by atoms with E-state index in [9.17, 15) is 5.11 Å². The van der Waals surface area contributed by atoms with Crippen molar-refractivity contribution in [2.75, 3.05) is 0 Å². The zero-order chi connectivity index (χ0) is 9.40. The molecule has 2 atom stereocenters. The molecule has 0 aliphatic rings. The quantitative estimate of drug-likeness (QED) is 0.454. The topological polar surface area (TPSA) is 40.5 Å². The van der Waals surface area contributed by atoms with E-state index < -0.39 is 6.10 Å². The Hall–Kier alpha value is -0.340. The lowest BCUT2D eigenvalue weighted by Gasteiger charge is -2.11. The smallest absolute Gasteiger partial charge is 0.0742 e. The molecule has 0 fully saturated rings. The van der Waals surface area contributed by atoms with E-state index in [1.807, 2.05) is 0 Å². The summed E-state index contributed by atoms with van der Waals surface area (Å²) < 4.78 is 0. The Balaban J connectivity index is 3.32. The minimum atomic E-state index is -0.554. The maximum Gasteiger partial charge on any atom is 0.0742 e. The first-order valence-electron chi connectivity index (χ1n) is 4.69. The van der Waals surface area contributed by atoms with Gasteiger partial charge in [-0.05, 0) is 6.42 Å². The molecule has 0 aliphatic heterocycles. The number of aliphatic hydroxyl groups excluding tert-OH is 2. The first-order valence-corrected chi connectivity index (χ1v) is 4.69. The Morgan fingerprint density at radius 2 is 2.00 bits per heavy atom. The maximum absolute atomic E-state index is 9.37. The molecule has 0 saturated heterocycles. The van der Waals surface area contributed by atoms with E-state index in [0.29, 0.717) is 6.42 Å². The van der Waals surface area contributed by atoms with E-state index in [2.05, 4.69) is 13.5 Å². The van der Waals surface area contributed by atoms with Gasteiger partial charge >= 0.3 is 0 Å². The number of rotatable bonds is 7. The second kappa shape index (κ2) is 7.32. The minimum Gasteiger partial charge on any atom is -0.393 e. The van der Waals surface area contributed by atoms with Gasteiger partial charge in [-0.1, -0.05) is 32.3 Å². The van der Waals surface area contributed by atoms with Crippen LogP contribution >= 0.6 is 0 Å². The SMILES string of the molecule is C=C[C@@H](O)C[C@H](O)CCCCC. The predicted octanol–water partition coefficient (Wildman–Crippen LogP) is 1.86. The van der Waals surface area contributed by atoms with Crippen LogP contribution in [0.3, 0.4) is 0 Å². The Morgan fingerprint density at radius 1 is 1.33 bits per heavy atom. The fraction of sp³-hybridized carbons (Fsp3) is 0.800. The highest BCUT2D eigenvalue weighted by Gasteiger charge is 2.07. The van der Waals surface area contributed by atoms with E-state index in [0.717, 1.165) is 25.7 Å². The molecule has 0 aromatic heterocycles. The van der Waals surface area contributed by atoms with Crippen molar-refractivity contribution in [1.82, 2.24) is 0 Å². The van der Waals surface area contributed by atoms with E-state index >= 15 is 0 Å². The Morgan fingerprint density at radius 3 is 2.50 bits per heavy atom. The van der Waals surface area contributed by atoms with E-state index in [1.54, 1.807) is 0 Å². The normalized spacial score (nSPS) is 15.6. The number of aliphatic hydroxyl groups is 2. The van der Waals surface area contributed by atoms with Crippen LogP contribution in [0, 0.1) is 0 Å². The van der Waals surface area contributed by atoms with Gasteiger partial charge < -0.3 is 10.2 Å². The summed E-state index contributed by atoms with van der Waals surface area (Å²) in [6, 6.07) is 0. The summed E-state index contributed by atoms with van der Waals surface area (Å²) in [7, 11) is 0. The van der Waals surface area contributed by atoms with Gasteiger partial charge in [0.1, 0.15) is 0 Å². The summed E-state index contributed by atoms with van der Waals surface area (Å²) in [5.41, 5.74) is 0. The van der Waals surface area contributed by atoms with Crippen molar-refractivity contribution >= 4 is 0 Å². The van der Waals surface area contributed by atoms with Crippen LogP contribution in [-0.2, 0) is 0 Å². The van der Waals surface area contributed by atoms with Crippen LogP contribution in [-0.4, -0.2) is 22.4 Å². The lowest BCUT2D eigenvalue weighted by Crippen LogP contribution is -2.15. The molecule has 2 nitrogen and oxygen atoms in total. The molecule has 0 aromatic rings. The fourth-order valence-corrected chi connectivity index (χ4v) is 1.12. The van der Waals surface area contributed by atoms with Gasteiger partial charge in [0.05, 0.1) is 12.2 Å². The van der Waals surface area contributed by atoms with Crippen molar-refractivity contribution in [3.05, 3.63) is 12.7 Å². The summed E-state index contributed by atoms with van der Waals surface area (Å²) in [4.78, 5) is 0. The van der Waals surface area contributed by atoms with Crippen LogP contribution in [0.15, 0.2) is 12.7 Å². The van der Waals surface area contributed by atoms with Crippen LogP contribution in [0.1, 0.15) is 39.0 Å². The zero-order valence-corrected chi connectivity index (χ0v) is 7.87. The summed E-state index contributed by atoms with van der Waals surface area (Å²) in [6.07, 6.45) is 5.11. The second-order valence-corrected chi connectivity index (χ2v) is 3.19. The van der Waals surface area contributed by atoms with Gasteiger partial charge in [0.25, 0.3) is 0 Å². The second-order valence-electron chi connectivity index (χ2n) is 3.19. The largest absolute Gasteiger partial charge is 0.393 e. The third kappa shape index (κ3) is 6.38. The van der Waals surface area contributed by atoms with Crippen LogP contribution in [0.2, 0.25) is 0 Å². The lowest BCUT2D eigenvalue weighted by molar-refractivity contribution is 0.0959. The molecule has 0 aliphatic carbocycles. The molecule has 0 unspecified atom stereocenters. The highest BCUT2D eigenvalue weighted by molar-refractivity contribution is 4.80. The van der Waals surface area contributed by atoms with Crippen molar-refractivity contribution < 1.29 is 10.2 Å². The summed E-state index contributed by atoms with van der Waals surface area (Å²) in [5, 5.41) is 18.5. The first-order chi connectivity index (χ1) is 5.70. The molecule has 0 spiro atoms. The molecule has 0 rings (SSSR count). The van der Waals surface area contributed by atoms with Gasteiger partial charge in [-0.15, -0.1) is 6.58 Å². The van der Waals surface area contributed by atoms with Gasteiger partial charge in [-0.3, -0.25) is 0 Å². The van der Waals surface area contributed by atoms with Gasteiger partial charge in [-0.25, -0.2) is 0 Å². The number of hydrogen-bond donors (Lipinski definition) is 2. The number of unbranched alkanes of at least 4 members (excludes halogenated alkanes) is 2. The molecule has 2 N–H and O–H groups in total. The molecule has 2 heteroatoms. The van der Waals surface area contributed by atoms with Crippen molar-refractivity contribution in [2.45, 2.75) is 51.2 Å². The fourth-order valence-electron chi connectivity index (χ4n) is 1.12. The zero-order valence-electron chi connectivity index (χ0n) is 7.87. The summed E-state index contributed by atoms with van der Waals surface area (Å²) in [5.74, 6) is 0. The van der Waals surface area contributed by atoms with Gasteiger partial charge in [0, 0.05) is 6.42 Å². The highest BCUT2D eigenvalue weighted by atomic mass is 16.3. The molecular formula is C10H20O2. The first kappa shape index (κ1) is 11.7. The molecule has 0 saturated carbocycles. The highest BCUT2D eigenvalue weighted by Crippen LogP contribution is 2.08. The van der Waals surface area contributed by atoms with Crippen LogP contribution < -0.4 is 0 Å². The predicted molar refractivity (Wildman–Crippen MR) is 51.0 cm³/mol. The third-order valence-electron chi connectivity index (χ3n) is 1.93. The summed E-state index contributed by atoms with van der Waals surface area (Å²) >= 11 is 0. The van der Waals surface area contributed by atoms with Crippen molar-refractivity contribution in [3.8, 4) is 0 Å². The molecular weight excluding hydrogens is 152 g/mol. The molecule has 0 bridgehead atoms. The van der Waals surface area contributed by atoms with Crippen LogP contribution in [0.25, 0.3) is 0 Å². The van der Waals surface area contributed by atoms with Gasteiger partial charge in [0.15, 0.2) is 0 Å². The molecule has 12 heavy (non-hydrogen) atoms. The summed E-state index contributed by atoms with van der Waals surface area (Å²) in [6.45, 7) is 5.58. The van der Waals surface area contributed by atoms with E-state index in [1.165, 1.54) is 6.08 Å². The molecule has 72 valence electrons. The molecule has 0 amide bonds. The van der Waals surface area contributed by atoms with Crippen molar-refractivity contribution in [1.29, 1.82) is 0 Å². The van der Waals surface area contributed by atoms with Crippen molar-refractivity contribution in [3.63, 3.8) is 0 Å². The Labute approximate surface area is 74.9 Å². The molecule has 0 aromatic carbocycles. The van der Waals surface area contributed by atoms with Gasteiger partial charge in [-0.2, -0.15) is 0 Å². The molecule has 0 heterocycles. The van der Waals surface area contributed by atoms with E-state index in [-0.39, 0.29) is 6.10 Å². The number of hydrogen-bond acceptors (Lipinski definition) is 2. The van der Waals surface area contributed by atoms with Crippen LogP contribution in [0.5, 0.6) is 0 Å². The monoisotopic (exact) mass is 172 g/mol. The van der Waals surface area contributed by atoms with Crippen molar-refractivity contribution in [2.24, 2.45) is 0 Å². The van der Waals surface area contributed by atoms with Gasteiger partial charge in [0.2, 0.25) is 0 Å². The van der Waals surface area contributed by atoms with Crippen LogP contribution in [0.4, 0.5) is 0 Å². The lowest BCUT2D eigenvalue weighted by atomic mass is 10.1. The third-order valence-corrected chi connectivity index (χ3v) is 1.93. The standard InChI is InChI=1S/C10H20O2/c1-3-5-6-7-10(12)8-9(11)4-2/h4,9-12H,2-3,5-8H2,1H3/t9-,10-/m1/s1. The maximum atomic E-state index is 9.37. The average Bonchev–Trinajstić information content (AvgIpc) is 2.05. The Kier molecular flexibility index (Phi) is 7.11. The molecule has 0 radical (unpaired) electrons. The average molecular weight is 172 g/mol. The minimum absolute atomic E-state index is 0.371. The van der Waals surface area contributed by atoms with E-state index in [4.69, 9.17) is 5.11 Å².